The maximum atomic E-state index is 11.4. The molecular weight excluding hydrogens is 260 g/mol. The summed E-state index contributed by atoms with van der Waals surface area (Å²) >= 11 is 1.59. The highest BCUT2D eigenvalue weighted by Gasteiger charge is 2.07. The van der Waals surface area contributed by atoms with Crippen LogP contribution in [-0.4, -0.2) is 26.3 Å². The summed E-state index contributed by atoms with van der Waals surface area (Å²) in [5.74, 6) is 0.656. The number of primary sulfonamides is 1. The van der Waals surface area contributed by atoms with Crippen molar-refractivity contribution in [2.24, 2.45) is 5.14 Å². The topological polar surface area (TPSA) is 89.3 Å². The van der Waals surface area contributed by atoms with Crippen LogP contribution in [0.15, 0.2) is 29.2 Å². The number of sulfonamides is 1. The van der Waals surface area contributed by atoms with Crippen LogP contribution in [0.4, 0.5) is 5.69 Å². The number of carbonyl (C=O) groups is 1. The van der Waals surface area contributed by atoms with Crippen LogP contribution in [-0.2, 0) is 14.8 Å². The van der Waals surface area contributed by atoms with Crippen molar-refractivity contribution in [3.63, 3.8) is 0 Å². The van der Waals surface area contributed by atoms with Gasteiger partial charge in [0.2, 0.25) is 15.9 Å². The van der Waals surface area contributed by atoms with E-state index in [2.05, 4.69) is 5.32 Å². The average molecular weight is 274 g/mol. The molecule has 3 N–H and O–H groups in total. The number of amides is 1. The monoisotopic (exact) mass is 274 g/mol. The fourth-order valence-electron chi connectivity index (χ4n) is 1.15. The second-order valence-electron chi connectivity index (χ2n) is 3.36. The predicted octanol–water partition coefficient (Wildman–Crippen LogP) is 1.03. The SMILES string of the molecule is CSCCC(=O)Nc1ccc(S(N)(=O)=O)cc1. The van der Waals surface area contributed by atoms with Crippen molar-refractivity contribution in [3.05, 3.63) is 24.3 Å². The Labute approximate surface area is 105 Å². The van der Waals surface area contributed by atoms with Crippen LogP contribution < -0.4 is 10.5 Å². The van der Waals surface area contributed by atoms with E-state index in [-0.39, 0.29) is 10.8 Å². The summed E-state index contributed by atoms with van der Waals surface area (Å²) < 4.78 is 22.0. The van der Waals surface area contributed by atoms with Crippen LogP contribution in [0.5, 0.6) is 0 Å². The molecule has 0 unspecified atom stereocenters. The van der Waals surface area contributed by atoms with E-state index >= 15 is 0 Å². The summed E-state index contributed by atoms with van der Waals surface area (Å²) in [4.78, 5) is 11.4. The minimum Gasteiger partial charge on any atom is -0.326 e. The molecule has 0 fully saturated rings. The Balaban J connectivity index is 2.66. The van der Waals surface area contributed by atoms with Crippen molar-refractivity contribution in [2.45, 2.75) is 11.3 Å². The van der Waals surface area contributed by atoms with E-state index in [0.717, 1.165) is 5.75 Å². The molecule has 0 aliphatic rings. The first-order valence-electron chi connectivity index (χ1n) is 4.85. The molecule has 0 bridgehead atoms. The number of nitrogens with two attached hydrogens (primary N) is 1. The van der Waals surface area contributed by atoms with E-state index in [1.165, 1.54) is 24.3 Å². The van der Waals surface area contributed by atoms with Gasteiger partial charge >= 0.3 is 0 Å². The fraction of sp³-hybridized carbons (Fsp3) is 0.300. The van der Waals surface area contributed by atoms with Gasteiger partial charge in [-0.05, 0) is 30.5 Å². The summed E-state index contributed by atoms with van der Waals surface area (Å²) in [6.45, 7) is 0. The van der Waals surface area contributed by atoms with Gasteiger partial charge in [-0.25, -0.2) is 13.6 Å². The molecule has 0 saturated heterocycles. The van der Waals surface area contributed by atoms with Gasteiger partial charge in [0.05, 0.1) is 4.90 Å². The van der Waals surface area contributed by atoms with E-state index in [4.69, 9.17) is 5.14 Å². The van der Waals surface area contributed by atoms with Gasteiger partial charge in [0, 0.05) is 17.9 Å². The summed E-state index contributed by atoms with van der Waals surface area (Å²) in [5, 5.41) is 7.62. The van der Waals surface area contributed by atoms with E-state index < -0.39 is 10.0 Å². The third-order valence-electron chi connectivity index (χ3n) is 2.00. The van der Waals surface area contributed by atoms with Gasteiger partial charge in [0.1, 0.15) is 0 Å². The zero-order chi connectivity index (χ0) is 12.9. The summed E-state index contributed by atoms with van der Waals surface area (Å²) in [6, 6.07) is 5.74. The van der Waals surface area contributed by atoms with Crippen LogP contribution >= 0.6 is 11.8 Å². The quantitative estimate of drug-likeness (QED) is 0.839. The van der Waals surface area contributed by atoms with Crippen molar-refractivity contribution in [2.75, 3.05) is 17.3 Å². The Morgan fingerprint density at radius 3 is 2.41 bits per heavy atom. The maximum Gasteiger partial charge on any atom is 0.238 e. The Morgan fingerprint density at radius 2 is 1.94 bits per heavy atom. The van der Waals surface area contributed by atoms with E-state index in [0.29, 0.717) is 12.1 Å². The molecular formula is C10H14N2O3S2. The molecule has 94 valence electrons. The average Bonchev–Trinajstić information content (AvgIpc) is 2.26. The van der Waals surface area contributed by atoms with Crippen LogP contribution in [0.25, 0.3) is 0 Å². The molecule has 0 heterocycles. The highest BCUT2D eigenvalue weighted by molar-refractivity contribution is 7.98. The number of hydrogen-bond donors (Lipinski definition) is 2. The van der Waals surface area contributed by atoms with Crippen molar-refractivity contribution in [1.82, 2.24) is 0 Å². The Hall–Kier alpha value is -1.05. The predicted molar refractivity (Wildman–Crippen MR) is 69.4 cm³/mol. The lowest BCUT2D eigenvalue weighted by Crippen LogP contribution is -2.14. The first-order valence-corrected chi connectivity index (χ1v) is 7.79. The molecule has 0 aromatic heterocycles. The zero-order valence-corrected chi connectivity index (χ0v) is 11.0. The number of hydrogen-bond acceptors (Lipinski definition) is 4. The molecule has 1 aromatic carbocycles. The van der Waals surface area contributed by atoms with Crippen LogP contribution in [0.2, 0.25) is 0 Å². The molecule has 0 radical (unpaired) electrons. The standard InChI is InChI=1S/C10H14N2O3S2/c1-16-7-6-10(13)12-8-2-4-9(5-3-8)17(11,14)15/h2-5H,6-7H2,1H3,(H,12,13)(H2,11,14,15). The van der Waals surface area contributed by atoms with Gasteiger partial charge in [-0.3, -0.25) is 4.79 Å². The molecule has 0 aliphatic carbocycles. The van der Waals surface area contributed by atoms with Gasteiger partial charge in [0.15, 0.2) is 0 Å². The first-order chi connectivity index (χ1) is 7.93. The number of thioether (sulfide) groups is 1. The first kappa shape index (κ1) is 14.0. The zero-order valence-electron chi connectivity index (χ0n) is 9.34. The highest BCUT2D eigenvalue weighted by Crippen LogP contribution is 2.13. The smallest absolute Gasteiger partial charge is 0.238 e. The maximum absolute atomic E-state index is 11.4. The van der Waals surface area contributed by atoms with Gasteiger partial charge in [-0.1, -0.05) is 0 Å². The third kappa shape index (κ3) is 4.76. The van der Waals surface area contributed by atoms with Crippen LogP contribution in [0.3, 0.4) is 0 Å². The fourth-order valence-corrected chi connectivity index (χ4v) is 2.05. The van der Waals surface area contributed by atoms with Crippen LogP contribution in [0, 0.1) is 0 Å². The second kappa shape index (κ2) is 6.04. The minimum absolute atomic E-state index is 0.0274. The Bertz CT molecular complexity index is 483. The van der Waals surface area contributed by atoms with E-state index in [1.807, 2.05) is 6.26 Å². The number of anilines is 1. The largest absolute Gasteiger partial charge is 0.326 e. The van der Waals surface area contributed by atoms with Crippen molar-refractivity contribution in [1.29, 1.82) is 0 Å². The Kier molecular flexibility index (Phi) is 4.98. The van der Waals surface area contributed by atoms with Gasteiger partial charge in [-0.15, -0.1) is 0 Å². The van der Waals surface area contributed by atoms with Crippen molar-refractivity contribution < 1.29 is 13.2 Å². The lowest BCUT2D eigenvalue weighted by Gasteiger charge is -2.05. The highest BCUT2D eigenvalue weighted by atomic mass is 32.2. The van der Waals surface area contributed by atoms with E-state index in [1.54, 1.807) is 11.8 Å². The van der Waals surface area contributed by atoms with Crippen molar-refractivity contribution in [3.8, 4) is 0 Å². The molecule has 7 heteroatoms. The number of benzene rings is 1. The van der Waals surface area contributed by atoms with Gasteiger partial charge in [0.25, 0.3) is 0 Å². The second-order valence-corrected chi connectivity index (χ2v) is 5.91. The normalized spacial score (nSPS) is 11.2. The van der Waals surface area contributed by atoms with Gasteiger partial charge in [-0.2, -0.15) is 11.8 Å². The number of rotatable bonds is 5. The number of carbonyl (C=O) groups excluding carboxylic acids is 1. The number of nitrogens with one attached hydrogen (secondary N) is 1. The molecule has 17 heavy (non-hydrogen) atoms. The third-order valence-corrected chi connectivity index (χ3v) is 3.54. The summed E-state index contributed by atoms with van der Waals surface area (Å²) in [6.07, 6.45) is 2.35. The van der Waals surface area contributed by atoms with E-state index in [9.17, 15) is 13.2 Å². The molecule has 1 aromatic rings. The lowest BCUT2D eigenvalue weighted by molar-refractivity contribution is -0.115. The minimum atomic E-state index is -3.68. The van der Waals surface area contributed by atoms with Gasteiger partial charge < -0.3 is 5.32 Å². The molecule has 0 aliphatic heterocycles. The molecule has 0 saturated carbocycles. The molecule has 0 atom stereocenters. The van der Waals surface area contributed by atoms with Crippen LogP contribution in [0.1, 0.15) is 6.42 Å². The molecule has 0 spiro atoms. The Morgan fingerprint density at radius 1 is 1.35 bits per heavy atom. The lowest BCUT2D eigenvalue weighted by atomic mass is 10.3. The molecule has 1 rings (SSSR count). The summed E-state index contributed by atoms with van der Waals surface area (Å²) in [7, 11) is -3.68. The van der Waals surface area contributed by atoms with Crippen molar-refractivity contribution >= 4 is 33.4 Å². The molecule has 1 amide bonds. The molecule has 5 nitrogen and oxygen atoms in total. The summed E-state index contributed by atoms with van der Waals surface area (Å²) in [5.41, 5.74) is 0.559.